The van der Waals surface area contributed by atoms with E-state index in [1.807, 2.05) is 57.2 Å². The van der Waals surface area contributed by atoms with E-state index < -0.39 is 6.04 Å². The zero-order valence-electron chi connectivity index (χ0n) is 17.8. The van der Waals surface area contributed by atoms with E-state index in [1.165, 1.54) is 0 Å². The largest absolute Gasteiger partial charge is 0.350 e. The molecule has 6 nitrogen and oxygen atoms in total. The van der Waals surface area contributed by atoms with Crippen LogP contribution in [-0.2, 0) is 16.1 Å². The lowest BCUT2D eigenvalue weighted by Crippen LogP contribution is -2.49. The summed E-state index contributed by atoms with van der Waals surface area (Å²) >= 11 is 0. The highest BCUT2D eigenvalue weighted by Gasteiger charge is 2.25. The van der Waals surface area contributed by atoms with Crippen LogP contribution in [0, 0.1) is 12.8 Å². The number of amides is 3. The Morgan fingerprint density at radius 2 is 1.87 bits per heavy atom. The fraction of sp³-hybridized carbons (Fsp3) is 0.375. The maximum Gasteiger partial charge on any atom is 0.251 e. The molecule has 2 N–H and O–H groups in total. The van der Waals surface area contributed by atoms with Crippen LogP contribution in [0.15, 0.2) is 48.5 Å². The van der Waals surface area contributed by atoms with Gasteiger partial charge in [0.05, 0.1) is 0 Å². The summed E-state index contributed by atoms with van der Waals surface area (Å²) in [4.78, 5) is 39.1. The third-order valence-electron chi connectivity index (χ3n) is 5.28. The topological polar surface area (TPSA) is 78.5 Å². The van der Waals surface area contributed by atoms with Gasteiger partial charge in [0.2, 0.25) is 11.8 Å². The lowest BCUT2D eigenvalue weighted by atomic mass is 10.0. The zero-order chi connectivity index (χ0) is 21.7. The van der Waals surface area contributed by atoms with Gasteiger partial charge in [0, 0.05) is 30.8 Å². The molecule has 6 heteroatoms. The number of carbonyl (C=O) groups excluding carboxylic acids is 3. The van der Waals surface area contributed by atoms with Crippen molar-refractivity contribution in [2.24, 2.45) is 5.92 Å². The van der Waals surface area contributed by atoms with Gasteiger partial charge in [-0.15, -0.1) is 0 Å². The molecule has 3 rings (SSSR count). The molecule has 2 aromatic rings. The van der Waals surface area contributed by atoms with Crippen LogP contribution >= 0.6 is 0 Å². The number of rotatable bonds is 7. The highest BCUT2D eigenvalue weighted by atomic mass is 16.2. The molecule has 1 aliphatic rings. The van der Waals surface area contributed by atoms with Crippen molar-refractivity contribution < 1.29 is 14.4 Å². The number of hydrogen-bond acceptors (Lipinski definition) is 3. The molecule has 1 saturated heterocycles. The molecule has 0 saturated carbocycles. The molecule has 1 heterocycles. The smallest absolute Gasteiger partial charge is 0.251 e. The van der Waals surface area contributed by atoms with E-state index in [0.29, 0.717) is 18.5 Å². The van der Waals surface area contributed by atoms with E-state index in [-0.39, 0.29) is 23.6 Å². The highest BCUT2D eigenvalue weighted by Crippen LogP contribution is 2.22. The maximum absolute atomic E-state index is 12.8. The van der Waals surface area contributed by atoms with Gasteiger partial charge in [0.25, 0.3) is 5.91 Å². The second kappa shape index (κ2) is 9.57. The Morgan fingerprint density at radius 3 is 2.53 bits per heavy atom. The Balaban J connectivity index is 1.63. The van der Waals surface area contributed by atoms with Crippen molar-refractivity contribution in [2.75, 3.05) is 11.4 Å². The van der Waals surface area contributed by atoms with E-state index in [2.05, 4.69) is 10.6 Å². The summed E-state index contributed by atoms with van der Waals surface area (Å²) in [6, 6.07) is 14.3. The van der Waals surface area contributed by atoms with Crippen LogP contribution in [-0.4, -0.2) is 30.3 Å². The van der Waals surface area contributed by atoms with Gasteiger partial charge in [-0.1, -0.05) is 43.7 Å². The average molecular weight is 408 g/mol. The van der Waals surface area contributed by atoms with Crippen LogP contribution in [0.3, 0.4) is 0 Å². The predicted molar refractivity (Wildman–Crippen MR) is 117 cm³/mol. The number of anilines is 1. The highest BCUT2D eigenvalue weighted by molar-refractivity contribution is 5.98. The average Bonchev–Trinajstić information content (AvgIpc) is 3.16. The first kappa shape index (κ1) is 21.6. The summed E-state index contributed by atoms with van der Waals surface area (Å²) in [7, 11) is 0. The van der Waals surface area contributed by atoms with Gasteiger partial charge in [-0.3, -0.25) is 14.4 Å². The summed E-state index contributed by atoms with van der Waals surface area (Å²) in [6.45, 7) is 6.79. The third kappa shape index (κ3) is 5.26. The fourth-order valence-corrected chi connectivity index (χ4v) is 3.60. The SMILES string of the molecule is Cc1cccc(C(=O)NC(C(=O)NCc2cccc(N3CCCC3=O)c2)C(C)C)c1. The molecule has 0 aliphatic carbocycles. The van der Waals surface area contributed by atoms with E-state index in [1.54, 1.807) is 17.0 Å². The predicted octanol–water partition coefficient (Wildman–Crippen LogP) is 3.19. The summed E-state index contributed by atoms with van der Waals surface area (Å²) in [5, 5.41) is 5.77. The number of carbonyl (C=O) groups is 3. The monoisotopic (exact) mass is 407 g/mol. The normalized spacial score (nSPS) is 14.7. The van der Waals surface area contributed by atoms with Crippen molar-refractivity contribution in [1.29, 1.82) is 0 Å². The first-order valence-electron chi connectivity index (χ1n) is 10.4. The van der Waals surface area contributed by atoms with E-state index in [4.69, 9.17) is 0 Å². The molecule has 0 spiro atoms. The van der Waals surface area contributed by atoms with Crippen molar-refractivity contribution in [3.63, 3.8) is 0 Å². The lowest BCUT2D eigenvalue weighted by Gasteiger charge is -2.22. The second-order valence-electron chi connectivity index (χ2n) is 8.10. The molecule has 3 amide bonds. The molecule has 0 radical (unpaired) electrons. The fourth-order valence-electron chi connectivity index (χ4n) is 3.60. The molecule has 2 aromatic carbocycles. The molecule has 30 heavy (non-hydrogen) atoms. The van der Waals surface area contributed by atoms with Crippen molar-refractivity contribution in [3.05, 3.63) is 65.2 Å². The molecular formula is C24H29N3O3. The standard InChI is InChI=1S/C24H29N3O3/c1-16(2)22(26-23(29)19-9-4-7-17(3)13-19)24(30)25-15-18-8-5-10-20(14-18)27-12-6-11-21(27)28/h4-5,7-10,13-14,16,22H,6,11-12,15H2,1-3H3,(H,25,30)(H,26,29). The quantitative estimate of drug-likeness (QED) is 0.740. The molecule has 1 unspecified atom stereocenters. The molecular weight excluding hydrogens is 378 g/mol. The van der Waals surface area contributed by atoms with Crippen LogP contribution in [0.2, 0.25) is 0 Å². The summed E-state index contributed by atoms with van der Waals surface area (Å²) in [5.74, 6) is -0.419. The Hall–Kier alpha value is -3.15. The van der Waals surface area contributed by atoms with Crippen LogP contribution < -0.4 is 15.5 Å². The molecule has 158 valence electrons. The van der Waals surface area contributed by atoms with E-state index >= 15 is 0 Å². The first-order chi connectivity index (χ1) is 14.3. The van der Waals surface area contributed by atoms with Gasteiger partial charge in [-0.25, -0.2) is 0 Å². The molecule has 0 aromatic heterocycles. The van der Waals surface area contributed by atoms with Gasteiger partial charge in [0.1, 0.15) is 6.04 Å². The Bertz CT molecular complexity index is 939. The molecule has 1 fully saturated rings. The number of nitrogens with zero attached hydrogens (tertiary/aromatic N) is 1. The van der Waals surface area contributed by atoms with Crippen molar-refractivity contribution in [2.45, 2.75) is 46.2 Å². The lowest BCUT2D eigenvalue weighted by molar-refractivity contribution is -0.124. The first-order valence-corrected chi connectivity index (χ1v) is 10.4. The van der Waals surface area contributed by atoms with Gasteiger partial charge >= 0.3 is 0 Å². The molecule has 1 atom stereocenters. The second-order valence-corrected chi connectivity index (χ2v) is 8.10. The van der Waals surface area contributed by atoms with Crippen molar-refractivity contribution >= 4 is 23.4 Å². The minimum Gasteiger partial charge on any atom is -0.350 e. The molecule has 0 bridgehead atoms. The van der Waals surface area contributed by atoms with E-state index in [9.17, 15) is 14.4 Å². The van der Waals surface area contributed by atoms with Crippen molar-refractivity contribution in [3.8, 4) is 0 Å². The van der Waals surface area contributed by atoms with Crippen LogP contribution in [0.4, 0.5) is 5.69 Å². The minimum atomic E-state index is -0.638. The zero-order valence-corrected chi connectivity index (χ0v) is 17.8. The number of benzene rings is 2. The number of nitrogens with one attached hydrogen (secondary N) is 2. The minimum absolute atomic E-state index is 0.0627. The number of hydrogen-bond donors (Lipinski definition) is 2. The Kier molecular flexibility index (Phi) is 6.87. The van der Waals surface area contributed by atoms with Crippen LogP contribution in [0.5, 0.6) is 0 Å². The van der Waals surface area contributed by atoms with Crippen LogP contribution in [0.1, 0.15) is 48.2 Å². The van der Waals surface area contributed by atoms with E-state index in [0.717, 1.165) is 29.8 Å². The third-order valence-corrected chi connectivity index (χ3v) is 5.28. The van der Waals surface area contributed by atoms with Gasteiger partial charge in [-0.05, 0) is 49.1 Å². The summed E-state index contributed by atoms with van der Waals surface area (Å²) < 4.78 is 0. The van der Waals surface area contributed by atoms with Gasteiger partial charge < -0.3 is 15.5 Å². The van der Waals surface area contributed by atoms with Crippen LogP contribution in [0.25, 0.3) is 0 Å². The number of aryl methyl sites for hydroxylation is 1. The Morgan fingerprint density at radius 1 is 1.10 bits per heavy atom. The maximum atomic E-state index is 12.8. The summed E-state index contributed by atoms with van der Waals surface area (Å²) in [5.41, 5.74) is 3.30. The Labute approximate surface area is 177 Å². The van der Waals surface area contributed by atoms with Crippen molar-refractivity contribution in [1.82, 2.24) is 10.6 Å². The van der Waals surface area contributed by atoms with Gasteiger partial charge in [-0.2, -0.15) is 0 Å². The summed E-state index contributed by atoms with van der Waals surface area (Å²) in [6.07, 6.45) is 1.45. The molecule has 1 aliphatic heterocycles. The van der Waals surface area contributed by atoms with Gasteiger partial charge in [0.15, 0.2) is 0 Å².